The minimum atomic E-state index is 0.899. The zero-order valence-corrected chi connectivity index (χ0v) is 25.1. The molecule has 1 aromatic heterocycles. The highest BCUT2D eigenvalue weighted by atomic mass is 16.3. The summed E-state index contributed by atoms with van der Waals surface area (Å²) in [6.07, 6.45) is 0. The summed E-state index contributed by atoms with van der Waals surface area (Å²) < 4.78 is 6.45. The summed E-state index contributed by atoms with van der Waals surface area (Å²) in [6.45, 7) is 0. The normalized spacial score (nSPS) is 11.5. The van der Waals surface area contributed by atoms with Crippen molar-refractivity contribution in [1.82, 2.24) is 0 Å². The number of fused-ring (bicyclic) bond motifs is 6. The molecule has 46 heavy (non-hydrogen) atoms. The molecule has 8 aromatic carbocycles. The van der Waals surface area contributed by atoms with Crippen molar-refractivity contribution in [3.63, 3.8) is 0 Å². The molecule has 0 aliphatic rings. The van der Waals surface area contributed by atoms with Gasteiger partial charge in [-0.25, -0.2) is 0 Å². The lowest BCUT2D eigenvalue weighted by Gasteiger charge is -2.28. The predicted molar refractivity (Wildman–Crippen MR) is 194 cm³/mol. The number of rotatable bonds is 5. The van der Waals surface area contributed by atoms with Crippen LogP contribution < -0.4 is 4.90 Å². The third-order valence-corrected chi connectivity index (χ3v) is 9.04. The topological polar surface area (TPSA) is 16.4 Å². The van der Waals surface area contributed by atoms with Crippen LogP contribution in [-0.4, -0.2) is 0 Å². The lowest BCUT2D eigenvalue weighted by molar-refractivity contribution is 0.672. The van der Waals surface area contributed by atoms with E-state index in [1.807, 2.05) is 0 Å². The molecule has 0 atom stereocenters. The third kappa shape index (κ3) is 4.43. The Labute approximate surface area is 267 Å². The summed E-state index contributed by atoms with van der Waals surface area (Å²) in [5.41, 5.74) is 9.86. The number of benzene rings is 8. The largest absolute Gasteiger partial charge is 0.455 e. The molecule has 0 bridgehead atoms. The average molecular weight is 588 g/mol. The average Bonchev–Trinajstić information content (AvgIpc) is 3.51. The second-order valence-corrected chi connectivity index (χ2v) is 11.8. The third-order valence-electron chi connectivity index (χ3n) is 9.04. The maximum atomic E-state index is 6.45. The predicted octanol–water partition coefficient (Wildman–Crippen LogP) is 12.7. The summed E-state index contributed by atoms with van der Waals surface area (Å²) in [4.78, 5) is 2.38. The van der Waals surface area contributed by atoms with Gasteiger partial charge in [0, 0.05) is 33.1 Å². The van der Waals surface area contributed by atoms with Gasteiger partial charge in [0.15, 0.2) is 0 Å². The van der Waals surface area contributed by atoms with Crippen molar-refractivity contribution in [2.45, 2.75) is 0 Å². The van der Waals surface area contributed by atoms with E-state index in [4.69, 9.17) is 4.42 Å². The monoisotopic (exact) mass is 587 g/mol. The van der Waals surface area contributed by atoms with Crippen LogP contribution in [0.25, 0.3) is 65.7 Å². The Balaban J connectivity index is 1.23. The molecule has 9 aromatic rings. The van der Waals surface area contributed by atoms with E-state index in [0.717, 1.165) is 55.5 Å². The zero-order valence-electron chi connectivity index (χ0n) is 25.1. The first kappa shape index (κ1) is 26.3. The SMILES string of the molecule is c1ccc(-c2ccc(N(c3ccc4ccccc4c3)c3ccccc3-c3ccc4oc5c6ccccc6ccc5c4c3)cc2)cc1. The van der Waals surface area contributed by atoms with Gasteiger partial charge < -0.3 is 9.32 Å². The molecule has 1 heterocycles. The van der Waals surface area contributed by atoms with Crippen LogP contribution in [-0.2, 0) is 0 Å². The quantitative estimate of drug-likeness (QED) is 0.199. The number of furan rings is 1. The lowest BCUT2D eigenvalue weighted by Crippen LogP contribution is -2.11. The smallest absolute Gasteiger partial charge is 0.143 e. The van der Waals surface area contributed by atoms with Crippen LogP contribution in [0.4, 0.5) is 17.1 Å². The maximum absolute atomic E-state index is 6.45. The van der Waals surface area contributed by atoms with Gasteiger partial charge in [0.2, 0.25) is 0 Å². The second kappa shape index (κ2) is 10.8. The second-order valence-electron chi connectivity index (χ2n) is 11.8. The Bertz CT molecular complexity index is 2530. The van der Waals surface area contributed by atoms with Gasteiger partial charge in [-0.15, -0.1) is 0 Å². The van der Waals surface area contributed by atoms with Gasteiger partial charge in [0.25, 0.3) is 0 Å². The Kier molecular flexibility index (Phi) is 6.17. The van der Waals surface area contributed by atoms with Crippen LogP contribution in [0, 0.1) is 0 Å². The molecule has 0 spiro atoms. The molecular weight excluding hydrogens is 558 g/mol. The van der Waals surface area contributed by atoms with Crippen LogP contribution in [0.5, 0.6) is 0 Å². The van der Waals surface area contributed by atoms with Gasteiger partial charge in [0.05, 0.1) is 5.69 Å². The van der Waals surface area contributed by atoms with Gasteiger partial charge in [0.1, 0.15) is 11.2 Å². The van der Waals surface area contributed by atoms with E-state index < -0.39 is 0 Å². The van der Waals surface area contributed by atoms with Crippen molar-refractivity contribution >= 4 is 60.5 Å². The van der Waals surface area contributed by atoms with Crippen LogP contribution in [0.1, 0.15) is 0 Å². The fraction of sp³-hybridized carbons (Fsp3) is 0. The van der Waals surface area contributed by atoms with E-state index in [1.165, 1.54) is 27.3 Å². The molecule has 0 aliphatic heterocycles. The lowest BCUT2D eigenvalue weighted by atomic mass is 9.98. The highest BCUT2D eigenvalue weighted by Gasteiger charge is 2.19. The Morgan fingerprint density at radius 3 is 1.89 bits per heavy atom. The minimum absolute atomic E-state index is 0.899. The number of anilines is 3. The van der Waals surface area contributed by atoms with E-state index in [1.54, 1.807) is 0 Å². The standard InChI is InChI=1S/C44H29NO/c1-2-10-30(11-3-1)32-18-23-36(24-19-32)45(37-25-20-31-12-4-5-14-34(31)28-37)42-17-9-8-15-38(42)35-22-27-43-41(29-35)40-26-21-33-13-6-7-16-39(33)44(40)46-43/h1-29H. The first-order chi connectivity index (χ1) is 22.8. The Morgan fingerprint density at radius 1 is 0.370 bits per heavy atom. The molecule has 0 radical (unpaired) electrons. The van der Waals surface area contributed by atoms with E-state index in [-0.39, 0.29) is 0 Å². The fourth-order valence-electron chi connectivity index (χ4n) is 6.76. The van der Waals surface area contributed by atoms with E-state index in [9.17, 15) is 0 Å². The first-order valence-electron chi connectivity index (χ1n) is 15.7. The molecule has 0 amide bonds. The molecular formula is C44H29NO. The van der Waals surface area contributed by atoms with Gasteiger partial charge in [-0.1, -0.05) is 127 Å². The maximum Gasteiger partial charge on any atom is 0.143 e. The molecule has 9 rings (SSSR count). The van der Waals surface area contributed by atoms with Crippen LogP contribution >= 0.6 is 0 Å². The number of para-hydroxylation sites is 1. The molecule has 2 heteroatoms. The Morgan fingerprint density at radius 2 is 1.02 bits per heavy atom. The van der Waals surface area contributed by atoms with Gasteiger partial charge in [-0.05, 0) is 81.4 Å². The Hall–Kier alpha value is -6.12. The van der Waals surface area contributed by atoms with E-state index >= 15 is 0 Å². The minimum Gasteiger partial charge on any atom is -0.455 e. The van der Waals surface area contributed by atoms with E-state index in [2.05, 4.69) is 181 Å². The summed E-state index contributed by atoms with van der Waals surface area (Å²) in [7, 11) is 0. The van der Waals surface area contributed by atoms with Crippen molar-refractivity contribution < 1.29 is 4.42 Å². The molecule has 2 nitrogen and oxygen atoms in total. The summed E-state index contributed by atoms with van der Waals surface area (Å²) in [5.74, 6) is 0. The van der Waals surface area contributed by atoms with Crippen LogP contribution in [0.3, 0.4) is 0 Å². The molecule has 0 fully saturated rings. The molecule has 0 N–H and O–H groups in total. The van der Waals surface area contributed by atoms with Crippen molar-refractivity contribution in [3.05, 3.63) is 176 Å². The van der Waals surface area contributed by atoms with Crippen molar-refractivity contribution in [2.24, 2.45) is 0 Å². The number of hydrogen-bond donors (Lipinski definition) is 0. The van der Waals surface area contributed by atoms with Gasteiger partial charge in [-0.3, -0.25) is 0 Å². The highest BCUT2D eigenvalue weighted by Crippen LogP contribution is 2.43. The summed E-state index contributed by atoms with van der Waals surface area (Å²) in [5, 5.41) is 7.02. The molecule has 0 aliphatic carbocycles. The van der Waals surface area contributed by atoms with Gasteiger partial charge >= 0.3 is 0 Å². The highest BCUT2D eigenvalue weighted by molar-refractivity contribution is 6.15. The summed E-state index contributed by atoms with van der Waals surface area (Å²) >= 11 is 0. The van der Waals surface area contributed by atoms with Crippen molar-refractivity contribution in [1.29, 1.82) is 0 Å². The van der Waals surface area contributed by atoms with Crippen molar-refractivity contribution in [2.75, 3.05) is 4.90 Å². The molecule has 0 saturated carbocycles. The first-order valence-corrected chi connectivity index (χ1v) is 15.7. The molecule has 0 saturated heterocycles. The number of nitrogens with zero attached hydrogens (tertiary/aromatic N) is 1. The van der Waals surface area contributed by atoms with Gasteiger partial charge in [-0.2, -0.15) is 0 Å². The van der Waals surface area contributed by atoms with Crippen molar-refractivity contribution in [3.8, 4) is 22.3 Å². The fourth-order valence-corrected chi connectivity index (χ4v) is 6.76. The van der Waals surface area contributed by atoms with Crippen LogP contribution in [0.15, 0.2) is 180 Å². The van der Waals surface area contributed by atoms with E-state index in [0.29, 0.717) is 0 Å². The molecule has 0 unspecified atom stereocenters. The van der Waals surface area contributed by atoms with Crippen LogP contribution in [0.2, 0.25) is 0 Å². The summed E-state index contributed by atoms with van der Waals surface area (Å²) in [6, 6.07) is 62.8. The zero-order chi connectivity index (χ0) is 30.5. The number of hydrogen-bond acceptors (Lipinski definition) is 2. The molecule has 216 valence electrons.